The van der Waals surface area contributed by atoms with Crippen molar-refractivity contribution in [2.75, 3.05) is 25.7 Å². The van der Waals surface area contributed by atoms with Crippen LogP contribution >= 0.6 is 0 Å². The molecule has 0 fully saturated rings. The Morgan fingerprint density at radius 2 is 1.83 bits per heavy atom. The van der Waals surface area contributed by atoms with E-state index in [9.17, 15) is 22.4 Å². The van der Waals surface area contributed by atoms with Crippen LogP contribution in [0.4, 0.5) is 4.39 Å². The minimum atomic E-state index is -3.61. The Kier molecular flexibility index (Phi) is 5.61. The highest BCUT2D eigenvalue weighted by atomic mass is 32.2. The zero-order valence-electron chi connectivity index (χ0n) is 16.1. The minimum Gasteiger partial charge on any atom is -0.493 e. The standard InChI is InChI=1S/C20H20FNO6S/c1-4-28-17-10-12(8-9-16(17)27-2)15(11-29(3,25)26)22-19(23)13-6-5-7-14(21)18(13)20(22)24/h5-10,15H,4,11H2,1-3H3/t15-/m1/s1. The van der Waals surface area contributed by atoms with Crippen LogP contribution in [0.3, 0.4) is 0 Å². The van der Waals surface area contributed by atoms with Crippen LogP contribution in [-0.2, 0) is 9.84 Å². The van der Waals surface area contributed by atoms with E-state index in [0.717, 1.165) is 17.2 Å². The van der Waals surface area contributed by atoms with E-state index < -0.39 is 39.3 Å². The Morgan fingerprint density at radius 1 is 1.10 bits per heavy atom. The Balaban J connectivity index is 2.13. The van der Waals surface area contributed by atoms with Crippen molar-refractivity contribution in [3.8, 4) is 11.5 Å². The van der Waals surface area contributed by atoms with Crippen LogP contribution in [0.2, 0.25) is 0 Å². The topological polar surface area (TPSA) is 90.0 Å². The first-order chi connectivity index (χ1) is 13.7. The fourth-order valence-corrected chi connectivity index (χ4v) is 4.24. The molecule has 0 aromatic heterocycles. The van der Waals surface area contributed by atoms with Crippen LogP contribution in [0.1, 0.15) is 39.2 Å². The van der Waals surface area contributed by atoms with Crippen molar-refractivity contribution in [3.05, 3.63) is 58.9 Å². The summed E-state index contributed by atoms with van der Waals surface area (Å²) in [5.74, 6) is -2.20. The van der Waals surface area contributed by atoms with Gasteiger partial charge in [-0.3, -0.25) is 14.5 Å². The third-order valence-corrected chi connectivity index (χ3v) is 5.46. The molecule has 0 N–H and O–H groups in total. The molecule has 0 saturated carbocycles. The van der Waals surface area contributed by atoms with Gasteiger partial charge in [0.15, 0.2) is 11.5 Å². The SMILES string of the molecule is CCOc1cc([C@@H](CS(C)(=O)=O)N2C(=O)c3cccc(F)c3C2=O)ccc1OC. The molecule has 29 heavy (non-hydrogen) atoms. The Morgan fingerprint density at radius 3 is 2.41 bits per heavy atom. The second kappa shape index (κ2) is 7.82. The molecule has 0 unspecified atom stereocenters. The number of sulfone groups is 1. The van der Waals surface area contributed by atoms with Crippen molar-refractivity contribution in [2.24, 2.45) is 0 Å². The van der Waals surface area contributed by atoms with Gasteiger partial charge in [-0.25, -0.2) is 12.8 Å². The van der Waals surface area contributed by atoms with E-state index in [0.29, 0.717) is 23.7 Å². The van der Waals surface area contributed by atoms with Gasteiger partial charge in [-0.05, 0) is 36.8 Å². The number of halogens is 1. The number of hydrogen-bond acceptors (Lipinski definition) is 6. The highest BCUT2D eigenvalue weighted by Crippen LogP contribution is 2.37. The molecule has 1 atom stereocenters. The van der Waals surface area contributed by atoms with Gasteiger partial charge in [0.25, 0.3) is 11.8 Å². The highest BCUT2D eigenvalue weighted by Gasteiger charge is 2.43. The summed E-state index contributed by atoms with van der Waals surface area (Å²) in [7, 11) is -2.15. The van der Waals surface area contributed by atoms with Gasteiger partial charge >= 0.3 is 0 Å². The maximum Gasteiger partial charge on any atom is 0.265 e. The molecule has 2 aromatic rings. The summed E-state index contributed by atoms with van der Waals surface area (Å²) < 4.78 is 49.1. The van der Waals surface area contributed by atoms with E-state index in [4.69, 9.17) is 9.47 Å². The molecule has 154 valence electrons. The van der Waals surface area contributed by atoms with Gasteiger partial charge in [-0.15, -0.1) is 0 Å². The van der Waals surface area contributed by atoms with Gasteiger partial charge in [0.2, 0.25) is 0 Å². The van der Waals surface area contributed by atoms with Gasteiger partial charge < -0.3 is 9.47 Å². The number of carbonyl (C=O) groups excluding carboxylic acids is 2. The molecule has 1 aliphatic heterocycles. The third kappa shape index (κ3) is 3.95. The van der Waals surface area contributed by atoms with Crippen LogP contribution in [-0.4, -0.2) is 50.9 Å². The molecule has 0 saturated heterocycles. The molecule has 0 aliphatic carbocycles. The monoisotopic (exact) mass is 421 g/mol. The van der Waals surface area contributed by atoms with E-state index in [1.54, 1.807) is 19.1 Å². The number of nitrogens with zero attached hydrogens (tertiary/aromatic N) is 1. The van der Waals surface area contributed by atoms with E-state index in [1.165, 1.54) is 25.3 Å². The molecule has 9 heteroatoms. The Bertz CT molecular complexity index is 1080. The van der Waals surface area contributed by atoms with Gasteiger partial charge in [-0.2, -0.15) is 0 Å². The third-order valence-electron chi connectivity index (χ3n) is 4.54. The summed E-state index contributed by atoms with van der Waals surface area (Å²) in [6.07, 6.45) is 1.01. The van der Waals surface area contributed by atoms with Gasteiger partial charge in [0.1, 0.15) is 15.7 Å². The number of benzene rings is 2. The number of hydrogen-bond donors (Lipinski definition) is 0. The van der Waals surface area contributed by atoms with E-state index in [2.05, 4.69) is 0 Å². The minimum absolute atomic E-state index is 0.0907. The lowest BCUT2D eigenvalue weighted by Gasteiger charge is -2.26. The number of rotatable bonds is 7. The Labute approximate surface area is 168 Å². The summed E-state index contributed by atoms with van der Waals surface area (Å²) in [5, 5.41) is 0. The van der Waals surface area contributed by atoms with E-state index >= 15 is 0 Å². The maximum atomic E-state index is 14.2. The van der Waals surface area contributed by atoms with Gasteiger partial charge in [-0.1, -0.05) is 12.1 Å². The number of ether oxygens (including phenoxy) is 2. The lowest BCUT2D eigenvalue weighted by molar-refractivity contribution is 0.0596. The number of imide groups is 1. The second-order valence-electron chi connectivity index (χ2n) is 6.59. The van der Waals surface area contributed by atoms with Crippen LogP contribution in [0.5, 0.6) is 11.5 Å². The molecule has 0 spiro atoms. The van der Waals surface area contributed by atoms with Crippen LogP contribution in [0.15, 0.2) is 36.4 Å². The van der Waals surface area contributed by atoms with Crippen molar-refractivity contribution >= 4 is 21.7 Å². The molecule has 1 heterocycles. The first-order valence-electron chi connectivity index (χ1n) is 8.82. The van der Waals surface area contributed by atoms with Crippen molar-refractivity contribution in [1.82, 2.24) is 4.90 Å². The quantitative estimate of drug-likeness (QED) is 0.639. The van der Waals surface area contributed by atoms with Crippen LogP contribution < -0.4 is 9.47 Å². The number of fused-ring (bicyclic) bond motifs is 1. The predicted molar refractivity (Wildman–Crippen MR) is 104 cm³/mol. The highest BCUT2D eigenvalue weighted by molar-refractivity contribution is 7.90. The average Bonchev–Trinajstić information content (AvgIpc) is 2.91. The number of carbonyl (C=O) groups is 2. The molecule has 2 aromatic carbocycles. The first-order valence-corrected chi connectivity index (χ1v) is 10.9. The molecular weight excluding hydrogens is 401 g/mol. The van der Waals surface area contributed by atoms with Crippen LogP contribution in [0, 0.1) is 5.82 Å². The van der Waals surface area contributed by atoms with Crippen molar-refractivity contribution in [1.29, 1.82) is 0 Å². The Hall–Kier alpha value is -2.94. The van der Waals surface area contributed by atoms with Crippen molar-refractivity contribution in [3.63, 3.8) is 0 Å². The molecular formula is C20H20FNO6S. The number of amides is 2. The summed E-state index contributed by atoms with van der Waals surface area (Å²) in [6, 6.07) is 7.25. The van der Waals surface area contributed by atoms with E-state index in [1.807, 2.05) is 0 Å². The summed E-state index contributed by atoms with van der Waals surface area (Å²) in [6.45, 7) is 2.10. The largest absolute Gasteiger partial charge is 0.493 e. The van der Waals surface area contributed by atoms with Gasteiger partial charge in [0.05, 0.1) is 36.6 Å². The maximum absolute atomic E-state index is 14.2. The fourth-order valence-electron chi connectivity index (χ4n) is 3.32. The molecule has 1 aliphatic rings. The average molecular weight is 421 g/mol. The first kappa shape index (κ1) is 20.8. The normalized spacial score (nSPS) is 14.7. The summed E-state index contributed by atoms with van der Waals surface area (Å²) in [5.41, 5.74) is -0.0869. The summed E-state index contributed by atoms with van der Waals surface area (Å²) >= 11 is 0. The second-order valence-corrected chi connectivity index (χ2v) is 8.78. The molecule has 0 bridgehead atoms. The smallest absolute Gasteiger partial charge is 0.265 e. The molecule has 7 nitrogen and oxygen atoms in total. The zero-order valence-corrected chi connectivity index (χ0v) is 17.0. The molecule has 2 amide bonds. The lowest BCUT2D eigenvalue weighted by Crippen LogP contribution is -2.37. The summed E-state index contributed by atoms with van der Waals surface area (Å²) in [4.78, 5) is 26.6. The lowest BCUT2D eigenvalue weighted by atomic mass is 10.1. The van der Waals surface area contributed by atoms with Crippen molar-refractivity contribution in [2.45, 2.75) is 13.0 Å². The van der Waals surface area contributed by atoms with Crippen LogP contribution in [0.25, 0.3) is 0 Å². The van der Waals surface area contributed by atoms with Crippen molar-refractivity contribution < 1.29 is 31.9 Å². The predicted octanol–water partition coefficient (Wildman–Crippen LogP) is 2.61. The van der Waals surface area contributed by atoms with E-state index in [-0.39, 0.29) is 11.1 Å². The molecule has 3 rings (SSSR count). The fraction of sp³-hybridized carbons (Fsp3) is 0.300. The molecule has 0 radical (unpaired) electrons. The zero-order chi connectivity index (χ0) is 21.3. The van der Waals surface area contributed by atoms with Gasteiger partial charge in [0, 0.05) is 6.26 Å². The number of methoxy groups -OCH3 is 1.